The molecule has 33 atom stereocenters. The van der Waals surface area contributed by atoms with Gasteiger partial charge in [-0.15, -0.1) is 0 Å². The van der Waals surface area contributed by atoms with E-state index < -0.39 is 209 Å². The average Bonchev–Trinajstić information content (AvgIpc) is 0.769. The molecule has 21 aliphatic heterocycles. The molecule has 0 aromatic rings. The van der Waals surface area contributed by atoms with Gasteiger partial charge in [-0.3, -0.25) is 0 Å². The van der Waals surface area contributed by atoms with Crippen LogP contribution in [0.5, 0.6) is 0 Å². The molecular formula is C63H112O35. The molecule has 21 saturated heterocycles. The van der Waals surface area contributed by atoms with Gasteiger partial charge in [-0.25, -0.2) is 0 Å². The standard InChI is InChI=1S/C63H112O35/c1-64-23-30-38-44(71-8)50(77-14)57(86-30)93-39-31(24-65-2)87-58(51(78-15)45(39)72-9)94-40-32(25-66-3)88-59(52(79-16)46(40)73-10)95-41-33(26-67-4)89-60(53(80-17)47(41)74-11)96-42-34(27-68-5)90-61(54(81-18)48(42)75-12)97-43-35(28-69-6)91-62(55(82-19)49(43)76-13)98-56-36(29-70-7)85-37(92-38)22-63(56,83-20)84-21/h30-62H,22-29H2,1-21H3. The first-order chi connectivity index (χ1) is 47.6. The number of methoxy groups -OCH3 is 21. The van der Waals surface area contributed by atoms with E-state index in [9.17, 15) is 0 Å². The zero-order valence-corrected chi connectivity index (χ0v) is 60.5. The Balaban J connectivity index is 1.23. The van der Waals surface area contributed by atoms with Crippen molar-refractivity contribution in [2.75, 3.05) is 196 Å². The smallest absolute Gasteiger partial charge is 0.201 e. The largest absolute Gasteiger partial charge is 0.382 e. The lowest BCUT2D eigenvalue weighted by molar-refractivity contribution is -0.421. The van der Waals surface area contributed by atoms with E-state index in [4.69, 9.17) is 166 Å². The molecule has 0 saturated carbocycles. The fourth-order valence-corrected chi connectivity index (χ4v) is 14.9. The van der Waals surface area contributed by atoms with Crippen LogP contribution in [0.2, 0.25) is 0 Å². The van der Waals surface area contributed by atoms with Gasteiger partial charge in [-0.1, -0.05) is 0 Å². The maximum absolute atomic E-state index is 7.05. The summed E-state index contributed by atoms with van der Waals surface area (Å²) in [6.45, 7) is -0.298. The second-order valence-corrected chi connectivity index (χ2v) is 24.5. The van der Waals surface area contributed by atoms with Gasteiger partial charge < -0.3 is 166 Å². The van der Waals surface area contributed by atoms with Crippen LogP contribution in [0.1, 0.15) is 6.42 Å². The van der Waals surface area contributed by atoms with Crippen molar-refractivity contribution in [2.45, 2.75) is 215 Å². The molecule has 574 valence electrons. The van der Waals surface area contributed by atoms with Gasteiger partial charge in [0.25, 0.3) is 0 Å². The second-order valence-electron chi connectivity index (χ2n) is 24.5. The van der Waals surface area contributed by atoms with E-state index >= 15 is 0 Å². The number of ether oxygens (including phenoxy) is 35. The summed E-state index contributed by atoms with van der Waals surface area (Å²) in [6, 6.07) is 0. The Morgan fingerprint density at radius 2 is 0.408 bits per heavy atom. The minimum absolute atomic E-state index is 0.0298. The highest BCUT2D eigenvalue weighted by Crippen LogP contribution is 2.44. The van der Waals surface area contributed by atoms with Crippen molar-refractivity contribution in [1.29, 1.82) is 0 Å². The van der Waals surface area contributed by atoms with E-state index in [1.54, 1.807) is 0 Å². The summed E-state index contributed by atoms with van der Waals surface area (Å²) in [4.78, 5) is 0. The first-order valence-corrected chi connectivity index (χ1v) is 32.7. The maximum Gasteiger partial charge on any atom is 0.201 e. The summed E-state index contributed by atoms with van der Waals surface area (Å²) in [7, 11) is 31.6. The lowest BCUT2D eigenvalue weighted by Crippen LogP contribution is -2.69. The van der Waals surface area contributed by atoms with Crippen LogP contribution in [0.4, 0.5) is 0 Å². The third kappa shape index (κ3) is 17.7. The number of hydrogen-bond acceptors (Lipinski definition) is 35. The average molecular weight is 1430 g/mol. The predicted molar refractivity (Wildman–Crippen MR) is 329 cm³/mol. The molecule has 14 bridgehead atoms. The maximum atomic E-state index is 7.05. The Kier molecular flexibility index (Phi) is 33.4. The van der Waals surface area contributed by atoms with Gasteiger partial charge in [0, 0.05) is 149 Å². The predicted octanol–water partition coefficient (Wildman–Crippen LogP) is -1.15. The van der Waals surface area contributed by atoms with E-state index in [1.165, 1.54) is 149 Å². The van der Waals surface area contributed by atoms with Gasteiger partial charge in [0.1, 0.15) is 159 Å². The van der Waals surface area contributed by atoms with Crippen LogP contribution in [0.25, 0.3) is 0 Å². The summed E-state index contributed by atoms with van der Waals surface area (Å²) >= 11 is 0. The SMILES string of the molecule is COCC1OC2OC3C(COC)OC(OC4C(COC)OC(OC5C(COC)OC(OC6C(COC)OC(OC7C(COC)OC(OC8C(COC)OC(CC8(OC)OC)OC1C(OC)C2OC)C(OC)C7OC)C(OC)C6OC)C(OC)C5OC)C(OC)C4OC)C(OC)C3OC. The fourth-order valence-electron chi connectivity index (χ4n) is 14.9. The molecule has 0 aromatic heterocycles. The van der Waals surface area contributed by atoms with Crippen LogP contribution >= 0.6 is 0 Å². The molecule has 35 nitrogen and oxygen atoms in total. The summed E-state index contributed by atoms with van der Waals surface area (Å²) in [5.41, 5.74) is 0. The first kappa shape index (κ1) is 82.3. The van der Waals surface area contributed by atoms with Crippen molar-refractivity contribution in [2.24, 2.45) is 0 Å². The van der Waals surface area contributed by atoms with E-state index in [1.807, 2.05) is 0 Å². The molecule has 0 N–H and O–H groups in total. The topological polar surface area (TPSA) is 323 Å². The first-order valence-electron chi connectivity index (χ1n) is 32.7. The van der Waals surface area contributed by atoms with Gasteiger partial charge in [0.05, 0.1) is 52.7 Å². The quantitative estimate of drug-likeness (QED) is 0.0836. The van der Waals surface area contributed by atoms with Crippen molar-refractivity contribution in [3.63, 3.8) is 0 Å². The molecule has 21 aliphatic rings. The van der Waals surface area contributed by atoms with E-state index in [0.717, 1.165) is 0 Å². The molecule has 33 unspecified atom stereocenters. The molecule has 0 amide bonds. The van der Waals surface area contributed by atoms with Gasteiger partial charge >= 0.3 is 0 Å². The lowest BCUT2D eigenvalue weighted by atomic mass is 9.94. The minimum atomic E-state index is -1.64. The van der Waals surface area contributed by atoms with E-state index in [0.29, 0.717) is 0 Å². The third-order valence-corrected chi connectivity index (χ3v) is 19.4. The van der Waals surface area contributed by atoms with Crippen LogP contribution in [-0.2, 0) is 166 Å². The van der Waals surface area contributed by atoms with Crippen molar-refractivity contribution < 1.29 is 166 Å². The molecule has 98 heavy (non-hydrogen) atoms. The highest BCUT2D eigenvalue weighted by molar-refractivity contribution is 5.04. The number of rotatable bonds is 28. The Hall–Kier alpha value is -1.40. The Bertz CT molecular complexity index is 2220. The minimum Gasteiger partial charge on any atom is -0.382 e. The molecule has 0 radical (unpaired) electrons. The van der Waals surface area contributed by atoms with E-state index in [-0.39, 0.29) is 52.7 Å². The Labute approximate surface area is 574 Å². The fraction of sp³-hybridized carbons (Fsp3) is 1.00. The molecule has 0 aliphatic carbocycles. The van der Waals surface area contributed by atoms with Crippen LogP contribution in [-0.4, -0.2) is 404 Å². The highest BCUT2D eigenvalue weighted by atomic mass is 16.8. The van der Waals surface area contributed by atoms with Crippen molar-refractivity contribution in [3.8, 4) is 0 Å². The Morgan fingerprint density at radius 1 is 0.214 bits per heavy atom. The highest BCUT2D eigenvalue weighted by Gasteiger charge is 2.63. The lowest BCUT2D eigenvalue weighted by Gasteiger charge is -2.53. The van der Waals surface area contributed by atoms with Crippen molar-refractivity contribution in [1.82, 2.24) is 0 Å². The zero-order chi connectivity index (χ0) is 71.0. The molecular weight excluding hydrogens is 1320 g/mol. The summed E-state index contributed by atoms with van der Waals surface area (Å²) < 4.78 is 226. The van der Waals surface area contributed by atoms with E-state index in [2.05, 4.69) is 0 Å². The summed E-state index contributed by atoms with van der Waals surface area (Å²) in [5, 5.41) is 0. The molecule has 0 aromatic carbocycles. The summed E-state index contributed by atoms with van der Waals surface area (Å²) in [6.07, 6.45) is -34.2. The van der Waals surface area contributed by atoms with Gasteiger partial charge in [-0.2, -0.15) is 0 Å². The summed E-state index contributed by atoms with van der Waals surface area (Å²) in [5.74, 6) is -1.64. The van der Waals surface area contributed by atoms with Crippen LogP contribution in [0, 0.1) is 0 Å². The normalized spacial score (nSPS) is 45.1. The monoisotopic (exact) mass is 1430 g/mol. The molecule has 35 heteroatoms. The molecule has 21 heterocycles. The molecule has 0 spiro atoms. The van der Waals surface area contributed by atoms with Gasteiger partial charge in [0.15, 0.2) is 44.0 Å². The van der Waals surface area contributed by atoms with Crippen LogP contribution < -0.4 is 0 Å². The molecule has 21 rings (SSSR count). The van der Waals surface area contributed by atoms with Crippen LogP contribution in [0.3, 0.4) is 0 Å². The zero-order valence-electron chi connectivity index (χ0n) is 60.5. The van der Waals surface area contributed by atoms with Crippen LogP contribution in [0.15, 0.2) is 0 Å². The van der Waals surface area contributed by atoms with Gasteiger partial charge in [-0.05, 0) is 0 Å². The number of hydrogen-bond donors (Lipinski definition) is 0. The van der Waals surface area contributed by atoms with Gasteiger partial charge in [0.2, 0.25) is 5.79 Å². The second kappa shape index (κ2) is 39.8. The van der Waals surface area contributed by atoms with Crippen molar-refractivity contribution >= 4 is 0 Å². The molecule has 21 fully saturated rings. The third-order valence-electron chi connectivity index (χ3n) is 19.4. The van der Waals surface area contributed by atoms with Crippen molar-refractivity contribution in [3.05, 3.63) is 0 Å². The Morgan fingerprint density at radius 3 is 0.602 bits per heavy atom.